The summed E-state index contributed by atoms with van der Waals surface area (Å²) in [6.07, 6.45) is 15.7. The lowest BCUT2D eigenvalue weighted by Crippen LogP contribution is -2.26. The van der Waals surface area contributed by atoms with Crippen molar-refractivity contribution in [2.75, 3.05) is 18.5 Å². The highest BCUT2D eigenvalue weighted by atomic mass is 16.5. The first kappa shape index (κ1) is 29.0. The number of carboxylic acids is 1. The Morgan fingerprint density at radius 2 is 1.30 bits per heavy atom. The highest BCUT2D eigenvalue weighted by Crippen LogP contribution is 2.15. The zero-order valence-electron chi connectivity index (χ0n) is 20.7. The van der Waals surface area contributed by atoms with Crippen LogP contribution in [0.2, 0.25) is 0 Å². The summed E-state index contributed by atoms with van der Waals surface area (Å²) in [5.41, 5.74) is 1.26. The number of aliphatic hydroxyl groups excluding tert-OH is 1. The minimum Gasteiger partial charge on any atom is -0.479 e. The molecule has 6 nitrogen and oxygen atoms in total. The number of hydrogen-bond donors (Lipinski definition) is 3. The number of aliphatic hydroxyl groups is 1. The lowest BCUT2D eigenvalue weighted by molar-refractivity contribution is -0.148. The molecule has 0 spiro atoms. The van der Waals surface area contributed by atoms with Crippen LogP contribution in [-0.4, -0.2) is 41.4 Å². The number of aliphatic carboxylic acids is 1. The van der Waals surface area contributed by atoms with Crippen LogP contribution in [0, 0.1) is 5.92 Å². The average Bonchev–Trinajstić information content (AvgIpc) is 2.79. The van der Waals surface area contributed by atoms with Crippen LogP contribution in [0.3, 0.4) is 0 Å². The molecule has 0 radical (unpaired) electrons. The summed E-state index contributed by atoms with van der Waals surface area (Å²) in [5.74, 6) is -1.22. The van der Waals surface area contributed by atoms with Crippen molar-refractivity contribution < 1.29 is 24.5 Å². The summed E-state index contributed by atoms with van der Waals surface area (Å²) in [4.78, 5) is 22.4. The van der Waals surface area contributed by atoms with E-state index >= 15 is 0 Å². The van der Waals surface area contributed by atoms with Crippen molar-refractivity contribution in [1.29, 1.82) is 0 Å². The van der Waals surface area contributed by atoms with Gasteiger partial charge in [0.25, 0.3) is 0 Å². The number of nitrogens with one attached hydrogen (secondary N) is 1. The molecule has 0 saturated heterocycles. The Labute approximate surface area is 200 Å². The lowest BCUT2D eigenvalue weighted by atomic mass is 10.0. The molecule has 1 aromatic rings. The van der Waals surface area contributed by atoms with Crippen LogP contribution in [0.1, 0.15) is 108 Å². The normalized spacial score (nSPS) is 12.0. The van der Waals surface area contributed by atoms with E-state index < -0.39 is 24.6 Å². The van der Waals surface area contributed by atoms with Crippen molar-refractivity contribution in [2.45, 2.75) is 103 Å². The standard InChI is InChI=1S/C27H45NO5/c1-22(2)15-13-11-9-7-5-3-4-6-8-10-12-14-20-28-24-18-16-23(17-19-24)27(32)33-21-25(29)26(30)31/h16-19,22,25,28-29H,3-15,20-21H2,1-2H3,(H,30,31). The third-order valence-corrected chi connectivity index (χ3v) is 5.82. The first-order valence-electron chi connectivity index (χ1n) is 12.8. The Bertz CT molecular complexity index is 644. The molecule has 1 unspecified atom stereocenters. The monoisotopic (exact) mass is 463 g/mol. The molecular formula is C27H45NO5. The first-order valence-corrected chi connectivity index (χ1v) is 12.8. The van der Waals surface area contributed by atoms with E-state index in [9.17, 15) is 9.59 Å². The van der Waals surface area contributed by atoms with E-state index in [0.29, 0.717) is 5.56 Å². The summed E-state index contributed by atoms with van der Waals surface area (Å²) >= 11 is 0. The molecule has 0 bridgehead atoms. The molecular weight excluding hydrogens is 418 g/mol. The summed E-state index contributed by atoms with van der Waals surface area (Å²) in [6, 6.07) is 6.86. The largest absolute Gasteiger partial charge is 0.479 e. The molecule has 3 N–H and O–H groups in total. The van der Waals surface area contributed by atoms with Gasteiger partial charge in [0.15, 0.2) is 6.10 Å². The van der Waals surface area contributed by atoms with Gasteiger partial charge in [0.1, 0.15) is 6.61 Å². The Morgan fingerprint density at radius 3 is 1.79 bits per heavy atom. The molecule has 1 rings (SSSR count). The van der Waals surface area contributed by atoms with E-state index in [0.717, 1.165) is 24.6 Å². The molecule has 0 fully saturated rings. The van der Waals surface area contributed by atoms with Gasteiger partial charge in [0.05, 0.1) is 5.56 Å². The second kappa shape index (κ2) is 18.4. The minimum absolute atomic E-state index is 0.323. The fourth-order valence-electron chi connectivity index (χ4n) is 3.71. The summed E-state index contributed by atoms with van der Waals surface area (Å²) in [6.45, 7) is 4.94. The number of benzene rings is 1. The van der Waals surface area contributed by atoms with Gasteiger partial charge in [0.2, 0.25) is 0 Å². The van der Waals surface area contributed by atoms with Gasteiger partial charge in [-0.2, -0.15) is 0 Å². The predicted octanol–water partition coefficient (Wildman–Crippen LogP) is 6.43. The predicted molar refractivity (Wildman–Crippen MR) is 134 cm³/mol. The number of carboxylic acid groups (broad SMARTS) is 1. The van der Waals surface area contributed by atoms with Crippen molar-refractivity contribution >= 4 is 17.6 Å². The topological polar surface area (TPSA) is 95.9 Å². The molecule has 0 saturated carbocycles. The molecule has 0 aliphatic heterocycles. The molecule has 33 heavy (non-hydrogen) atoms. The molecule has 0 amide bonds. The molecule has 0 heterocycles. The van der Waals surface area contributed by atoms with Crippen LogP contribution in [0.4, 0.5) is 5.69 Å². The van der Waals surface area contributed by atoms with Gasteiger partial charge < -0.3 is 20.3 Å². The van der Waals surface area contributed by atoms with Crippen molar-refractivity contribution in [3.63, 3.8) is 0 Å². The number of unbranched alkanes of at least 4 members (excludes halogenated alkanes) is 11. The smallest absolute Gasteiger partial charge is 0.338 e. The number of carbonyl (C=O) groups is 2. The SMILES string of the molecule is CC(C)CCCCCCCCCCCCCCNc1ccc(C(=O)OCC(O)C(=O)O)cc1. The van der Waals surface area contributed by atoms with E-state index in [1.807, 2.05) is 0 Å². The van der Waals surface area contributed by atoms with Crippen LogP contribution in [0.15, 0.2) is 24.3 Å². The van der Waals surface area contributed by atoms with Gasteiger partial charge in [0, 0.05) is 12.2 Å². The molecule has 1 atom stereocenters. The second-order valence-electron chi connectivity index (χ2n) is 9.38. The molecule has 0 aromatic heterocycles. The van der Waals surface area contributed by atoms with Crippen molar-refractivity contribution in [2.24, 2.45) is 5.92 Å². The maximum Gasteiger partial charge on any atom is 0.338 e. The highest BCUT2D eigenvalue weighted by molar-refractivity contribution is 5.90. The fourth-order valence-corrected chi connectivity index (χ4v) is 3.71. The number of anilines is 1. The maximum absolute atomic E-state index is 11.9. The van der Waals surface area contributed by atoms with E-state index in [4.69, 9.17) is 14.9 Å². The quantitative estimate of drug-likeness (QED) is 0.152. The average molecular weight is 464 g/mol. The van der Waals surface area contributed by atoms with E-state index in [-0.39, 0.29) is 0 Å². The van der Waals surface area contributed by atoms with E-state index in [1.54, 1.807) is 24.3 Å². The van der Waals surface area contributed by atoms with Gasteiger partial charge in [-0.1, -0.05) is 90.9 Å². The third kappa shape index (κ3) is 15.4. The van der Waals surface area contributed by atoms with Gasteiger partial charge >= 0.3 is 11.9 Å². The number of carbonyl (C=O) groups excluding carboxylic acids is 1. The van der Waals surface area contributed by atoms with Crippen molar-refractivity contribution in [1.82, 2.24) is 0 Å². The Hall–Kier alpha value is -2.08. The van der Waals surface area contributed by atoms with Gasteiger partial charge in [-0.25, -0.2) is 9.59 Å². The number of rotatable bonds is 20. The highest BCUT2D eigenvalue weighted by Gasteiger charge is 2.16. The van der Waals surface area contributed by atoms with E-state index in [2.05, 4.69) is 19.2 Å². The van der Waals surface area contributed by atoms with Crippen LogP contribution in [0.5, 0.6) is 0 Å². The summed E-state index contributed by atoms with van der Waals surface area (Å²) < 4.78 is 4.79. The van der Waals surface area contributed by atoms with Gasteiger partial charge in [-0.3, -0.25) is 0 Å². The molecule has 6 heteroatoms. The zero-order valence-corrected chi connectivity index (χ0v) is 20.7. The van der Waals surface area contributed by atoms with Crippen molar-refractivity contribution in [3.8, 4) is 0 Å². The van der Waals surface area contributed by atoms with Crippen LogP contribution >= 0.6 is 0 Å². The maximum atomic E-state index is 11.9. The summed E-state index contributed by atoms with van der Waals surface area (Å²) in [7, 11) is 0. The van der Waals surface area contributed by atoms with E-state index in [1.165, 1.54) is 77.0 Å². The fraction of sp³-hybridized carbons (Fsp3) is 0.704. The minimum atomic E-state index is -1.70. The Kier molecular flexibility index (Phi) is 16.1. The number of hydrogen-bond acceptors (Lipinski definition) is 5. The third-order valence-electron chi connectivity index (χ3n) is 5.82. The Balaban J connectivity index is 1.96. The molecule has 188 valence electrons. The zero-order chi connectivity index (χ0) is 24.3. The van der Waals surface area contributed by atoms with Crippen LogP contribution < -0.4 is 5.32 Å². The lowest BCUT2D eigenvalue weighted by Gasteiger charge is -2.09. The number of ether oxygens (including phenoxy) is 1. The molecule has 0 aliphatic carbocycles. The van der Waals surface area contributed by atoms with Crippen LogP contribution in [0.25, 0.3) is 0 Å². The summed E-state index contributed by atoms with van der Waals surface area (Å²) in [5, 5.41) is 21.1. The van der Waals surface area contributed by atoms with Crippen LogP contribution in [-0.2, 0) is 9.53 Å². The first-order chi connectivity index (χ1) is 15.9. The van der Waals surface area contributed by atoms with Gasteiger partial charge in [-0.05, 0) is 36.6 Å². The van der Waals surface area contributed by atoms with Crippen molar-refractivity contribution in [3.05, 3.63) is 29.8 Å². The number of esters is 1. The molecule has 1 aromatic carbocycles. The second-order valence-corrected chi connectivity index (χ2v) is 9.38. The Morgan fingerprint density at radius 1 is 0.818 bits per heavy atom. The van der Waals surface area contributed by atoms with Gasteiger partial charge in [-0.15, -0.1) is 0 Å². The molecule has 0 aliphatic rings.